The van der Waals surface area contributed by atoms with Crippen molar-refractivity contribution in [2.45, 2.75) is 18.5 Å². The van der Waals surface area contributed by atoms with Crippen LogP contribution in [0.15, 0.2) is 24.3 Å². The molecule has 0 aliphatic rings. The van der Waals surface area contributed by atoms with E-state index in [4.69, 9.17) is 11.6 Å². The number of hydrogen-bond donors (Lipinski definition) is 0. The van der Waals surface area contributed by atoms with Crippen LogP contribution in [-0.2, 0) is 6.18 Å². The van der Waals surface area contributed by atoms with E-state index in [1.807, 2.05) is 0 Å². The van der Waals surface area contributed by atoms with Crippen molar-refractivity contribution >= 4 is 11.6 Å². The molecule has 0 amide bonds. The first kappa shape index (κ1) is 12.8. The number of benzene rings is 1. The summed E-state index contributed by atoms with van der Waals surface area (Å²) in [5.74, 6) is 0.372. The van der Waals surface area contributed by atoms with Crippen LogP contribution >= 0.6 is 11.6 Å². The average molecular weight is 277 g/mol. The van der Waals surface area contributed by atoms with Crippen LogP contribution in [0.1, 0.15) is 23.7 Å². The number of hydrogen-bond acceptors (Lipinski definition) is 3. The predicted molar refractivity (Wildman–Crippen MR) is 58.4 cm³/mol. The highest BCUT2D eigenvalue weighted by Crippen LogP contribution is 2.29. The van der Waals surface area contributed by atoms with Gasteiger partial charge in [0.05, 0.1) is 16.6 Å². The van der Waals surface area contributed by atoms with Crippen molar-refractivity contribution in [3.05, 3.63) is 35.7 Å². The Hall–Kier alpha value is -1.63. The highest BCUT2D eigenvalue weighted by molar-refractivity contribution is 6.20. The van der Waals surface area contributed by atoms with Gasteiger partial charge in [-0.05, 0) is 41.6 Å². The number of rotatable bonds is 2. The van der Waals surface area contributed by atoms with Crippen molar-refractivity contribution in [1.29, 1.82) is 0 Å². The maximum Gasteiger partial charge on any atom is 0.416 e. The van der Waals surface area contributed by atoms with Crippen molar-refractivity contribution in [2.75, 3.05) is 0 Å². The molecule has 0 aliphatic heterocycles. The van der Waals surface area contributed by atoms with Gasteiger partial charge in [0.15, 0.2) is 5.82 Å². The van der Waals surface area contributed by atoms with Gasteiger partial charge in [0.25, 0.3) is 0 Å². The molecule has 1 aromatic carbocycles. The molecule has 0 aliphatic carbocycles. The van der Waals surface area contributed by atoms with E-state index in [-0.39, 0.29) is 0 Å². The van der Waals surface area contributed by atoms with Crippen LogP contribution in [-0.4, -0.2) is 20.2 Å². The van der Waals surface area contributed by atoms with Crippen LogP contribution in [0.3, 0.4) is 0 Å². The lowest BCUT2D eigenvalue weighted by molar-refractivity contribution is -0.137. The molecule has 0 spiro atoms. The van der Waals surface area contributed by atoms with Crippen molar-refractivity contribution in [2.24, 2.45) is 0 Å². The average Bonchev–Trinajstić information content (AvgIpc) is 2.77. The van der Waals surface area contributed by atoms with E-state index < -0.39 is 17.1 Å². The second-order valence-electron chi connectivity index (χ2n) is 3.61. The normalized spacial score (nSPS) is 13.6. The van der Waals surface area contributed by atoms with Gasteiger partial charge < -0.3 is 0 Å². The van der Waals surface area contributed by atoms with Gasteiger partial charge in [-0.1, -0.05) is 0 Å². The summed E-state index contributed by atoms with van der Waals surface area (Å²) in [5.41, 5.74) is -0.296. The smallest absolute Gasteiger partial charge is 0.196 e. The summed E-state index contributed by atoms with van der Waals surface area (Å²) in [6, 6.07) is 4.53. The summed E-state index contributed by atoms with van der Waals surface area (Å²) in [4.78, 5) is 0. The van der Waals surface area contributed by atoms with E-state index in [1.54, 1.807) is 6.92 Å². The number of tetrazole rings is 1. The summed E-state index contributed by atoms with van der Waals surface area (Å²) < 4.78 is 38.5. The third-order valence-corrected chi connectivity index (χ3v) is 2.48. The maximum atomic E-state index is 12.4. The summed E-state index contributed by atoms with van der Waals surface area (Å²) in [6.07, 6.45) is -4.36. The Morgan fingerprint density at radius 2 is 1.83 bits per heavy atom. The highest BCUT2D eigenvalue weighted by Gasteiger charge is 2.30. The predicted octanol–water partition coefficient (Wildman–Crippen LogP) is 2.98. The molecule has 0 bridgehead atoms. The highest BCUT2D eigenvalue weighted by atomic mass is 35.5. The monoisotopic (exact) mass is 276 g/mol. The first-order chi connectivity index (χ1) is 8.39. The van der Waals surface area contributed by atoms with Crippen molar-refractivity contribution in [3.63, 3.8) is 0 Å². The second kappa shape index (κ2) is 4.56. The van der Waals surface area contributed by atoms with Crippen LogP contribution in [0, 0.1) is 0 Å². The standard InChI is InChI=1S/C10H8ClF3N4/c1-6(11)9-15-16-17-18(9)8-4-2-7(3-5-8)10(12,13)14/h2-6H,1H3. The van der Waals surface area contributed by atoms with Crippen LogP contribution in [0.2, 0.25) is 0 Å². The molecule has 18 heavy (non-hydrogen) atoms. The molecule has 1 atom stereocenters. The van der Waals surface area contributed by atoms with Crippen molar-refractivity contribution in [3.8, 4) is 5.69 Å². The topological polar surface area (TPSA) is 43.6 Å². The third kappa shape index (κ3) is 2.45. The molecule has 4 nitrogen and oxygen atoms in total. The minimum Gasteiger partial charge on any atom is -0.196 e. The fourth-order valence-electron chi connectivity index (χ4n) is 1.42. The Labute approximate surface area is 105 Å². The molecular formula is C10H8ClF3N4. The molecule has 96 valence electrons. The van der Waals surface area contributed by atoms with E-state index in [0.29, 0.717) is 11.5 Å². The number of alkyl halides is 4. The van der Waals surface area contributed by atoms with Crippen LogP contribution in [0.25, 0.3) is 5.69 Å². The van der Waals surface area contributed by atoms with Crippen LogP contribution < -0.4 is 0 Å². The zero-order chi connectivity index (χ0) is 13.3. The van der Waals surface area contributed by atoms with Gasteiger partial charge in [0.2, 0.25) is 0 Å². The summed E-state index contributed by atoms with van der Waals surface area (Å²) in [7, 11) is 0. The Balaban J connectivity index is 2.38. The van der Waals surface area contributed by atoms with Gasteiger partial charge in [0, 0.05) is 0 Å². The lowest BCUT2D eigenvalue weighted by atomic mass is 10.2. The van der Waals surface area contributed by atoms with E-state index in [1.165, 1.54) is 16.8 Å². The Morgan fingerprint density at radius 1 is 1.22 bits per heavy atom. The third-order valence-electron chi connectivity index (χ3n) is 2.29. The Bertz CT molecular complexity index is 533. The molecular weight excluding hydrogens is 269 g/mol. The van der Waals surface area contributed by atoms with E-state index in [0.717, 1.165) is 12.1 Å². The molecule has 0 radical (unpaired) electrons. The summed E-state index contributed by atoms with van der Waals surface area (Å²) >= 11 is 5.86. The largest absolute Gasteiger partial charge is 0.416 e. The molecule has 8 heteroatoms. The van der Waals surface area contributed by atoms with Gasteiger partial charge >= 0.3 is 6.18 Å². The molecule has 1 heterocycles. The fourth-order valence-corrected chi connectivity index (χ4v) is 1.55. The van der Waals surface area contributed by atoms with Crippen LogP contribution in [0.5, 0.6) is 0 Å². The molecule has 0 saturated carbocycles. The molecule has 0 N–H and O–H groups in total. The number of halogens is 4. The summed E-state index contributed by atoms with van der Waals surface area (Å²) in [6.45, 7) is 1.67. The van der Waals surface area contributed by atoms with E-state index >= 15 is 0 Å². The molecule has 1 aromatic heterocycles. The lowest BCUT2D eigenvalue weighted by Crippen LogP contribution is -2.07. The Morgan fingerprint density at radius 3 is 2.33 bits per heavy atom. The maximum absolute atomic E-state index is 12.4. The van der Waals surface area contributed by atoms with Gasteiger partial charge in [-0.3, -0.25) is 0 Å². The van der Waals surface area contributed by atoms with Crippen molar-refractivity contribution < 1.29 is 13.2 Å². The van der Waals surface area contributed by atoms with E-state index in [9.17, 15) is 13.2 Å². The number of aromatic nitrogens is 4. The lowest BCUT2D eigenvalue weighted by Gasteiger charge is -2.08. The molecule has 2 aromatic rings. The quantitative estimate of drug-likeness (QED) is 0.792. The zero-order valence-corrected chi connectivity index (χ0v) is 9.94. The minimum atomic E-state index is -4.36. The van der Waals surface area contributed by atoms with Crippen LogP contribution in [0.4, 0.5) is 13.2 Å². The van der Waals surface area contributed by atoms with Gasteiger partial charge in [-0.2, -0.15) is 17.9 Å². The minimum absolute atomic E-state index is 0.372. The van der Waals surface area contributed by atoms with E-state index in [2.05, 4.69) is 15.5 Å². The fraction of sp³-hybridized carbons (Fsp3) is 0.300. The molecule has 1 unspecified atom stereocenters. The zero-order valence-electron chi connectivity index (χ0n) is 9.19. The van der Waals surface area contributed by atoms with Crippen molar-refractivity contribution in [1.82, 2.24) is 20.2 Å². The van der Waals surface area contributed by atoms with Gasteiger partial charge in [0.1, 0.15) is 0 Å². The first-order valence-corrected chi connectivity index (χ1v) is 5.43. The SMILES string of the molecule is CC(Cl)c1nnnn1-c1ccc(C(F)(F)F)cc1. The van der Waals surface area contributed by atoms with Gasteiger partial charge in [-0.25, -0.2) is 0 Å². The second-order valence-corrected chi connectivity index (χ2v) is 4.26. The number of nitrogens with zero attached hydrogens (tertiary/aromatic N) is 4. The molecule has 0 fully saturated rings. The summed E-state index contributed by atoms with van der Waals surface area (Å²) in [5, 5.41) is 10.4. The molecule has 0 saturated heterocycles. The first-order valence-electron chi connectivity index (χ1n) is 4.99. The molecule has 2 rings (SSSR count). The Kier molecular flexibility index (Phi) is 3.25. The van der Waals surface area contributed by atoms with Gasteiger partial charge in [-0.15, -0.1) is 16.7 Å².